The zero-order valence-corrected chi connectivity index (χ0v) is 18.8. The second-order valence-corrected chi connectivity index (χ2v) is 8.07. The van der Waals surface area contributed by atoms with Gasteiger partial charge in [0, 0.05) is 50.3 Å². The number of nitrogens with one attached hydrogen (secondary N) is 2. The van der Waals surface area contributed by atoms with Gasteiger partial charge in [0.1, 0.15) is 23.0 Å². The predicted molar refractivity (Wildman–Crippen MR) is 126 cm³/mol. The van der Waals surface area contributed by atoms with Crippen molar-refractivity contribution >= 4 is 28.6 Å². The normalized spacial score (nSPS) is 15.4. The standard InChI is InChI=1S/C25H24FN5O3/c1-27-24(32)21-14-17(9-10-28-21)34-16-6-8-22-20(13-16)30-25(31(22)2)29-15-5-7-19(26)18(12-15)23-4-3-11-33-23/h5-10,12-14,23H,3-4,11H2,1-2H3,(H,27,32)(H,29,30). The summed E-state index contributed by atoms with van der Waals surface area (Å²) in [5, 5.41) is 5.83. The van der Waals surface area contributed by atoms with Gasteiger partial charge in [-0.1, -0.05) is 0 Å². The van der Waals surface area contributed by atoms with Crippen LogP contribution in [0.5, 0.6) is 11.5 Å². The number of hydrogen-bond donors (Lipinski definition) is 2. The predicted octanol–water partition coefficient (Wildman–Crippen LogP) is 4.85. The summed E-state index contributed by atoms with van der Waals surface area (Å²) < 4.78 is 27.9. The van der Waals surface area contributed by atoms with Gasteiger partial charge < -0.3 is 24.7 Å². The van der Waals surface area contributed by atoms with E-state index >= 15 is 0 Å². The van der Waals surface area contributed by atoms with E-state index in [1.54, 1.807) is 31.3 Å². The van der Waals surface area contributed by atoms with Crippen molar-refractivity contribution in [2.75, 3.05) is 19.0 Å². The number of carbonyl (C=O) groups excluding carboxylic acids is 1. The zero-order chi connectivity index (χ0) is 23.7. The Hall–Kier alpha value is -3.98. The van der Waals surface area contributed by atoms with E-state index in [-0.39, 0.29) is 23.5 Å². The van der Waals surface area contributed by atoms with E-state index in [9.17, 15) is 9.18 Å². The smallest absolute Gasteiger partial charge is 0.269 e. The van der Waals surface area contributed by atoms with E-state index < -0.39 is 0 Å². The maximum atomic E-state index is 14.4. The van der Waals surface area contributed by atoms with Crippen LogP contribution in [-0.4, -0.2) is 34.1 Å². The quantitative estimate of drug-likeness (QED) is 0.426. The molecule has 0 saturated carbocycles. The van der Waals surface area contributed by atoms with E-state index in [0.717, 1.165) is 29.6 Å². The molecule has 0 aliphatic carbocycles. The molecule has 1 fully saturated rings. The first kappa shape index (κ1) is 21.8. The maximum absolute atomic E-state index is 14.4. The third-order valence-electron chi connectivity index (χ3n) is 5.81. The zero-order valence-electron chi connectivity index (χ0n) is 18.8. The lowest BCUT2D eigenvalue weighted by molar-refractivity contribution is 0.0957. The number of aromatic nitrogens is 3. The molecule has 2 aromatic carbocycles. The largest absolute Gasteiger partial charge is 0.457 e. The van der Waals surface area contributed by atoms with Crippen LogP contribution in [0.25, 0.3) is 11.0 Å². The molecule has 1 unspecified atom stereocenters. The lowest BCUT2D eigenvalue weighted by Crippen LogP contribution is -2.18. The molecule has 1 aliphatic rings. The van der Waals surface area contributed by atoms with Crippen molar-refractivity contribution in [3.63, 3.8) is 0 Å². The van der Waals surface area contributed by atoms with Crippen molar-refractivity contribution in [1.82, 2.24) is 19.9 Å². The Morgan fingerprint density at radius 2 is 2.03 bits per heavy atom. The van der Waals surface area contributed by atoms with Crippen molar-refractivity contribution in [1.29, 1.82) is 0 Å². The van der Waals surface area contributed by atoms with Crippen LogP contribution in [0.3, 0.4) is 0 Å². The fraction of sp³-hybridized carbons (Fsp3) is 0.240. The number of halogens is 1. The third kappa shape index (κ3) is 4.29. The molecule has 174 valence electrons. The Morgan fingerprint density at radius 1 is 1.18 bits per heavy atom. The second kappa shape index (κ2) is 9.11. The van der Waals surface area contributed by atoms with Crippen LogP contribution in [-0.2, 0) is 11.8 Å². The van der Waals surface area contributed by atoms with Crippen molar-refractivity contribution < 1.29 is 18.7 Å². The van der Waals surface area contributed by atoms with Gasteiger partial charge in [-0.3, -0.25) is 9.78 Å². The van der Waals surface area contributed by atoms with Gasteiger partial charge in [0.05, 0.1) is 17.1 Å². The Balaban J connectivity index is 1.39. The second-order valence-electron chi connectivity index (χ2n) is 8.07. The summed E-state index contributed by atoms with van der Waals surface area (Å²) >= 11 is 0. The van der Waals surface area contributed by atoms with Crippen LogP contribution in [0.1, 0.15) is 35.0 Å². The van der Waals surface area contributed by atoms with Gasteiger partial charge in [-0.05, 0) is 49.2 Å². The minimum atomic E-state index is -0.287. The lowest BCUT2D eigenvalue weighted by atomic mass is 10.1. The number of rotatable bonds is 6. The molecule has 3 heterocycles. The highest BCUT2D eigenvalue weighted by Gasteiger charge is 2.21. The molecule has 1 aliphatic heterocycles. The first-order valence-corrected chi connectivity index (χ1v) is 11.0. The molecule has 1 atom stereocenters. The number of nitrogens with zero attached hydrogens (tertiary/aromatic N) is 3. The molecule has 2 aromatic heterocycles. The number of imidazole rings is 1. The first-order valence-electron chi connectivity index (χ1n) is 11.0. The van der Waals surface area contributed by atoms with Crippen LogP contribution in [0.4, 0.5) is 16.0 Å². The number of ether oxygens (including phenoxy) is 2. The number of aryl methyl sites for hydroxylation is 1. The Labute approximate surface area is 195 Å². The summed E-state index contributed by atoms with van der Waals surface area (Å²) in [5.41, 5.74) is 3.19. The number of benzene rings is 2. The highest BCUT2D eigenvalue weighted by molar-refractivity contribution is 5.92. The van der Waals surface area contributed by atoms with Gasteiger partial charge >= 0.3 is 0 Å². The van der Waals surface area contributed by atoms with Gasteiger partial charge in [-0.25, -0.2) is 9.37 Å². The molecule has 8 nitrogen and oxygen atoms in total. The molecule has 0 spiro atoms. The van der Waals surface area contributed by atoms with Gasteiger partial charge in [0.15, 0.2) is 0 Å². The molecule has 5 rings (SSSR count). The van der Waals surface area contributed by atoms with E-state index in [4.69, 9.17) is 9.47 Å². The highest BCUT2D eigenvalue weighted by atomic mass is 19.1. The Bertz CT molecular complexity index is 1360. The van der Waals surface area contributed by atoms with Crippen LogP contribution in [0.2, 0.25) is 0 Å². The van der Waals surface area contributed by atoms with E-state index in [0.29, 0.717) is 29.6 Å². The van der Waals surface area contributed by atoms with Crippen LogP contribution in [0.15, 0.2) is 54.7 Å². The van der Waals surface area contributed by atoms with E-state index in [2.05, 4.69) is 20.6 Å². The number of anilines is 2. The highest BCUT2D eigenvalue weighted by Crippen LogP contribution is 2.33. The molecule has 1 saturated heterocycles. The van der Waals surface area contributed by atoms with Gasteiger partial charge in [0.25, 0.3) is 5.91 Å². The van der Waals surface area contributed by atoms with Crippen LogP contribution >= 0.6 is 0 Å². The molecule has 0 bridgehead atoms. The Morgan fingerprint density at radius 3 is 2.82 bits per heavy atom. The van der Waals surface area contributed by atoms with E-state index in [1.807, 2.05) is 29.8 Å². The van der Waals surface area contributed by atoms with Gasteiger partial charge in [0.2, 0.25) is 5.95 Å². The molecular weight excluding hydrogens is 437 g/mol. The summed E-state index contributed by atoms with van der Waals surface area (Å²) in [6.07, 6.45) is 3.06. The van der Waals surface area contributed by atoms with E-state index in [1.165, 1.54) is 12.3 Å². The average Bonchev–Trinajstić information content (AvgIpc) is 3.48. The Kier molecular flexibility index (Phi) is 5.85. The first-order chi connectivity index (χ1) is 16.5. The SMILES string of the molecule is CNC(=O)c1cc(Oc2ccc3c(c2)nc(Nc2ccc(F)c(C4CCCO4)c2)n3C)ccn1. The molecule has 0 radical (unpaired) electrons. The van der Waals surface area contributed by atoms with Crippen molar-refractivity contribution in [3.8, 4) is 11.5 Å². The van der Waals surface area contributed by atoms with Crippen molar-refractivity contribution in [2.24, 2.45) is 7.05 Å². The number of fused-ring (bicyclic) bond motifs is 1. The fourth-order valence-electron chi connectivity index (χ4n) is 4.04. The number of hydrogen-bond acceptors (Lipinski definition) is 6. The summed E-state index contributed by atoms with van der Waals surface area (Å²) in [4.78, 5) is 20.6. The number of carbonyl (C=O) groups is 1. The lowest BCUT2D eigenvalue weighted by Gasteiger charge is -2.13. The van der Waals surface area contributed by atoms with Crippen LogP contribution < -0.4 is 15.4 Å². The minimum Gasteiger partial charge on any atom is -0.457 e. The fourth-order valence-corrected chi connectivity index (χ4v) is 4.04. The van der Waals surface area contributed by atoms with Gasteiger partial charge in [-0.2, -0.15) is 0 Å². The molecule has 4 aromatic rings. The molecule has 34 heavy (non-hydrogen) atoms. The topological polar surface area (TPSA) is 90.3 Å². The summed E-state index contributed by atoms with van der Waals surface area (Å²) in [5.74, 6) is 1.14. The summed E-state index contributed by atoms with van der Waals surface area (Å²) in [6, 6.07) is 13.8. The van der Waals surface area contributed by atoms with Crippen molar-refractivity contribution in [3.05, 3.63) is 71.8 Å². The van der Waals surface area contributed by atoms with Crippen molar-refractivity contribution in [2.45, 2.75) is 18.9 Å². The minimum absolute atomic E-state index is 0.209. The number of amides is 1. The maximum Gasteiger partial charge on any atom is 0.269 e. The molecular formula is C25H24FN5O3. The monoisotopic (exact) mass is 461 g/mol. The number of pyridine rings is 1. The molecule has 2 N–H and O–H groups in total. The average molecular weight is 461 g/mol. The van der Waals surface area contributed by atoms with Gasteiger partial charge in [-0.15, -0.1) is 0 Å². The summed E-state index contributed by atoms with van der Waals surface area (Å²) in [7, 11) is 3.45. The molecule has 1 amide bonds. The summed E-state index contributed by atoms with van der Waals surface area (Å²) in [6.45, 7) is 0.656. The van der Waals surface area contributed by atoms with Crippen LogP contribution in [0, 0.1) is 5.82 Å². The third-order valence-corrected chi connectivity index (χ3v) is 5.81. The molecule has 9 heteroatoms.